The summed E-state index contributed by atoms with van der Waals surface area (Å²) in [5.74, 6) is -0.180. The molecule has 7 heteroatoms. The molecule has 118 valence electrons. The van der Waals surface area contributed by atoms with E-state index < -0.39 is 5.76 Å². The predicted molar refractivity (Wildman–Crippen MR) is 85.6 cm³/mol. The molecule has 0 spiro atoms. The van der Waals surface area contributed by atoms with Gasteiger partial charge in [0.15, 0.2) is 12.2 Å². The molecule has 1 aromatic heterocycles. The molecule has 0 saturated carbocycles. The largest absolute Gasteiger partial charge is 0.484 e. The number of rotatable bonds is 5. The summed E-state index contributed by atoms with van der Waals surface area (Å²) in [4.78, 5) is 25.4. The summed E-state index contributed by atoms with van der Waals surface area (Å²) in [5, 5.41) is 3.35. The molecule has 1 heterocycles. The predicted octanol–water partition coefficient (Wildman–Crippen LogP) is 2.47. The fourth-order valence-electron chi connectivity index (χ4n) is 2.04. The average Bonchev–Trinajstić information content (AvgIpc) is 2.91. The Hall–Kier alpha value is -2.73. The van der Waals surface area contributed by atoms with Gasteiger partial charge in [0.05, 0.1) is 5.52 Å². The third-order valence-corrected chi connectivity index (χ3v) is 3.41. The number of fused-ring (bicyclic) bond motifs is 1. The summed E-state index contributed by atoms with van der Waals surface area (Å²) in [5.41, 5.74) is 1.92. The molecular formula is C16H13ClN2O4. The molecule has 0 aliphatic rings. The second-order valence-corrected chi connectivity index (χ2v) is 5.30. The van der Waals surface area contributed by atoms with Crippen molar-refractivity contribution in [3.05, 3.63) is 63.6 Å². The van der Waals surface area contributed by atoms with Gasteiger partial charge in [0.25, 0.3) is 5.91 Å². The number of nitrogens with one attached hydrogen (secondary N) is 2. The van der Waals surface area contributed by atoms with Gasteiger partial charge in [-0.15, -0.1) is 0 Å². The Balaban J connectivity index is 1.53. The number of halogens is 1. The van der Waals surface area contributed by atoms with Crippen LogP contribution in [-0.4, -0.2) is 17.5 Å². The van der Waals surface area contributed by atoms with Crippen LogP contribution in [0.2, 0.25) is 5.02 Å². The maximum Gasteiger partial charge on any atom is 0.417 e. The van der Waals surface area contributed by atoms with Crippen LogP contribution in [-0.2, 0) is 11.3 Å². The number of benzene rings is 2. The normalized spacial score (nSPS) is 10.7. The van der Waals surface area contributed by atoms with Crippen LogP contribution < -0.4 is 15.8 Å². The van der Waals surface area contributed by atoms with Crippen molar-refractivity contribution in [1.29, 1.82) is 0 Å². The first-order valence-corrected chi connectivity index (χ1v) is 7.25. The van der Waals surface area contributed by atoms with Gasteiger partial charge in [-0.2, -0.15) is 0 Å². The summed E-state index contributed by atoms with van der Waals surface area (Å²) in [7, 11) is 0. The van der Waals surface area contributed by atoms with Crippen LogP contribution >= 0.6 is 11.6 Å². The van der Waals surface area contributed by atoms with E-state index in [-0.39, 0.29) is 12.5 Å². The average molecular weight is 333 g/mol. The molecule has 2 N–H and O–H groups in total. The molecule has 23 heavy (non-hydrogen) atoms. The van der Waals surface area contributed by atoms with E-state index >= 15 is 0 Å². The fourth-order valence-corrected chi connectivity index (χ4v) is 2.17. The Labute approximate surface area is 136 Å². The number of oxazole rings is 1. The highest BCUT2D eigenvalue weighted by Crippen LogP contribution is 2.15. The lowest BCUT2D eigenvalue weighted by Gasteiger charge is -2.07. The smallest absolute Gasteiger partial charge is 0.417 e. The highest BCUT2D eigenvalue weighted by atomic mass is 35.5. The Morgan fingerprint density at radius 2 is 2.00 bits per heavy atom. The van der Waals surface area contributed by atoms with Crippen molar-refractivity contribution in [3.8, 4) is 5.75 Å². The van der Waals surface area contributed by atoms with Gasteiger partial charge >= 0.3 is 5.76 Å². The summed E-state index contributed by atoms with van der Waals surface area (Å²) < 4.78 is 10.3. The van der Waals surface area contributed by atoms with Crippen LogP contribution in [0.3, 0.4) is 0 Å². The summed E-state index contributed by atoms with van der Waals surface area (Å²) in [6.07, 6.45) is 0. The Bertz CT molecular complexity index is 883. The lowest BCUT2D eigenvalue weighted by molar-refractivity contribution is -0.123. The molecule has 0 bridgehead atoms. The van der Waals surface area contributed by atoms with Crippen molar-refractivity contribution < 1.29 is 13.9 Å². The number of H-pyrrole nitrogens is 1. The van der Waals surface area contributed by atoms with E-state index in [0.717, 1.165) is 5.56 Å². The third kappa shape index (κ3) is 3.92. The number of aromatic amines is 1. The summed E-state index contributed by atoms with van der Waals surface area (Å²) >= 11 is 5.77. The molecule has 1 amide bonds. The summed E-state index contributed by atoms with van der Waals surface area (Å²) in [6, 6.07) is 12.0. The standard InChI is InChI=1S/C16H13ClN2O4/c17-11-2-4-12(5-3-11)22-9-15(20)18-8-10-1-6-14-13(7-10)19-16(21)23-14/h1-7H,8-9H2,(H,18,20)(H,19,21). The molecule has 0 radical (unpaired) electrons. The molecule has 0 aliphatic heterocycles. The van der Waals surface area contributed by atoms with Crippen molar-refractivity contribution in [2.24, 2.45) is 0 Å². The molecule has 0 saturated heterocycles. The highest BCUT2D eigenvalue weighted by Gasteiger charge is 2.05. The van der Waals surface area contributed by atoms with E-state index in [1.54, 1.807) is 42.5 Å². The fraction of sp³-hybridized carbons (Fsp3) is 0.125. The van der Waals surface area contributed by atoms with Crippen molar-refractivity contribution in [2.45, 2.75) is 6.54 Å². The molecule has 0 unspecified atom stereocenters. The molecule has 3 rings (SSSR count). The van der Waals surface area contributed by atoms with E-state index in [4.69, 9.17) is 20.8 Å². The van der Waals surface area contributed by atoms with Gasteiger partial charge in [-0.1, -0.05) is 17.7 Å². The van der Waals surface area contributed by atoms with Gasteiger partial charge in [0.2, 0.25) is 0 Å². The van der Waals surface area contributed by atoms with E-state index in [1.807, 2.05) is 0 Å². The molecule has 0 atom stereocenters. The van der Waals surface area contributed by atoms with Crippen LogP contribution in [0.1, 0.15) is 5.56 Å². The zero-order chi connectivity index (χ0) is 16.2. The minimum Gasteiger partial charge on any atom is -0.484 e. The second kappa shape index (κ2) is 6.58. The van der Waals surface area contributed by atoms with E-state index in [1.165, 1.54) is 0 Å². The van der Waals surface area contributed by atoms with Crippen molar-refractivity contribution in [2.75, 3.05) is 6.61 Å². The number of ether oxygens (including phenoxy) is 1. The van der Waals surface area contributed by atoms with Crippen LogP contribution in [0.25, 0.3) is 11.1 Å². The lowest BCUT2D eigenvalue weighted by atomic mass is 10.2. The zero-order valence-electron chi connectivity index (χ0n) is 12.0. The monoisotopic (exact) mass is 332 g/mol. The molecule has 2 aromatic carbocycles. The van der Waals surface area contributed by atoms with Gasteiger partial charge in [0.1, 0.15) is 5.75 Å². The lowest BCUT2D eigenvalue weighted by Crippen LogP contribution is -2.28. The number of aromatic nitrogens is 1. The minimum atomic E-state index is -0.502. The first-order chi connectivity index (χ1) is 11.1. The number of carbonyl (C=O) groups excluding carboxylic acids is 1. The highest BCUT2D eigenvalue weighted by molar-refractivity contribution is 6.30. The number of amides is 1. The molecule has 3 aromatic rings. The van der Waals surface area contributed by atoms with Crippen molar-refractivity contribution in [1.82, 2.24) is 10.3 Å². The number of hydrogen-bond acceptors (Lipinski definition) is 4. The minimum absolute atomic E-state index is 0.0909. The quantitative estimate of drug-likeness (QED) is 0.751. The van der Waals surface area contributed by atoms with Crippen LogP contribution in [0.5, 0.6) is 5.75 Å². The van der Waals surface area contributed by atoms with Crippen molar-refractivity contribution >= 4 is 28.6 Å². The first-order valence-electron chi connectivity index (χ1n) is 6.87. The molecule has 0 aliphatic carbocycles. The SMILES string of the molecule is O=C(COc1ccc(Cl)cc1)NCc1ccc2oc(=O)[nH]c2c1. The Morgan fingerprint density at radius 3 is 2.78 bits per heavy atom. The number of hydrogen-bond donors (Lipinski definition) is 2. The molecule has 6 nitrogen and oxygen atoms in total. The molecular weight excluding hydrogens is 320 g/mol. The van der Waals surface area contributed by atoms with Crippen LogP contribution in [0, 0.1) is 0 Å². The van der Waals surface area contributed by atoms with E-state index in [9.17, 15) is 9.59 Å². The maximum absolute atomic E-state index is 11.8. The van der Waals surface area contributed by atoms with E-state index in [2.05, 4.69) is 10.3 Å². The third-order valence-electron chi connectivity index (χ3n) is 3.16. The van der Waals surface area contributed by atoms with Gasteiger partial charge in [-0.25, -0.2) is 4.79 Å². The van der Waals surface area contributed by atoms with Crippen molar-refractivity contribution in [3.63, 3.8) is 0 Å². The van der Waals surface area contributed by atoms with Gasteiger partial charge in [-0.3, -0.25) is 9.78 Å². The second-order valence-electron chi connectivity index (χ2n) is 4.86. The zero-order valence-corrected chi connectivity index (χ0v) is 12.7. The van der Waals surface area contributed by atoms with Gasteiger partial charge in [-0.05, 0) is 42.0 Å². The summed E-state index contributed by atoms with van der Waals surface area (Å²) in [6.45, 7) is 0.235. The van der Waals surface area contributed by atoms with E-state index in [0.29, 0.717) is 28.4 Å². The number of carbonyl (C=O) groups is 1. The molecule has 0 fully saturated rings. The Kier molecular flexibility index (Phi) is 4.34. The van der Waals surface area contributed by atoms with Gasteiger partial charge in [0, 0.05) is 11.6 Å². The topological polar surface area (TPSA) is 84.3 Å². The first kappa shape index (κ1) is 15.2. The Morgan fingerprint density at radius 1 is 1.22 bits per heavy atom. The van der Waals surface area contributed by atoms with Gasteiger partial charge < -0.3 is 14.5 Å². The van der Waals surface area contributed by atoms with Crippen LogP contribution in [0.15, 0.2) is 51.7 Å². The maximum atomic E-state index is 11.8. The van der Waals surface area contributed by atoms with Crippen LogP contribution in [0.4, 0.5) is 0 Å².